The summed E-state index contributed by atoms with van der Waals surface area (Å²) in [5.41, 5.74) is 0. The Bertz CT molecular complexity index is 326. The molecule has 2 unspecified atom stereocenters. The number of carbonyl (C=O) groups is 2. The number of aliphatic hydroxyl groups excluding tert-OH is 1. The third kappa shape index (κ3) is 4.15. The van der Waals surface area contributed by atoms with Gasteiger partial charge in [-0.1, -0.05) is 6.92 Å². The predicted molar refractivity (Wildman–Crippen MR) is 63.0 cm³/mol. The fourth-order valence-corrected chi connectivity index (χ4v) is 1.95. The molecule has 7 nitrogen and oxygen atoms in total. The van der Waals surface area contributed by atoms with Crippen LogP contribution in [0.25, 0.3) is 0 Å². The molecule has 1 aliphatic rings. The van der Waals surface area contributed by atoms with E-state index in [1.165, 1.54) is 21.0 Å². The van der Waals surface area contributed by atoms with Crippen molar-refractivity contribution in [3.63, 3.8) is 0 Å². The summed E-state index contributed by atoms with van der Waals surface area (Å²) in [6.45, 7) is 4.27. The lowest BCUT2D eigenvalue weighted by atomic mass is 9.91. The van der Waals surface area contributed by atoms with Gasteiger partial charge in [-0.3, -0.25) is 9.59 Å². The van der Waals surface area contributed by atoms with Crippen molar-refractivity contribution in [3.05, 3.63) is 0 Å². The van der Waals surface area contributed by atoms with Crippen LogP contribution in [0.1, 0.15) is 20.8 Å². The number of ether oxygens (including phenoxy) is 4. The third-order valence-corrected chi connectivity index (χ3v) is 3.02. The van der Waals surface area contributed by atoms with Gasteiger partial charge in [-0.25, -0.2) is 0 Å². The lowest BCUT2D eigenvalue weighted by molar-refractivity contribution is -0.285. The van der Waals surface area contributed by atoms with Gasteiger partial charge in [0.2, 0.25) is 0 Å². The van der Waals surface area contributed by atoms with E-state index in [2.05, 4.69) is 0 Å². The molecule has 0 aromatic carbocycles. The molecule has 1 fully saturated rings. The van der Waals surface area contributed by atoms with Crippen LogP contribution >= 0.6 is 0 Å². The summed E-state index contributed by atoms with van der Waals surface area (Å²) in [6.07, 6.45) is -3.26. The average molecular weight is 276 g/mol. The van der Waals surface area contributed by atoms with Crippen LogP contribution in [0.2, 0.25) is 0 Å². The molecule has 0 aromatic heterocycles. The minimum absolute atomic E-state index is 0.0141. The number of esters is 2. The van der Waals surface area contributed by atoms with Crippen LogP contribution in [0.3, 0.4) is 0 Å². The number of rotatable bonds is 4. The van der Waals surface area contributed by atoms with Crippen molar-refractivity contribution < 1.29 is 33.6 Å². The molecule has 7 heteroatoms. The molecule has 1 rings (SSSR count). The van der Waals surface area contributed by atoms with Gasteiger partial charge in [0.15, 0.2) is 12.4 Å². The minimum Gasteiger partial charge on any atom is -0.463 e. The maximum Gasteiger partial charge on any atom is 0.303 e. The molecule has 110 valence electrons. The van der Waals surface area contributed by atoms with Gasteiger partial charge in [0.25, 0.3) is 0 Å². The first kappa shape index (κ1) is 15.9. The molecule has 5 atom stereocenters. The summed E-state index contributed by atoms with van der Waals surface area (Å²) in [5.74, 6) is -1.32. The number of hydrogen-bond acceptors (Lipinski definition) is 7. The first-order chi connectivity index (χ1) is 8.86. The molecular formula is C12H20O7. The summed E-state index contributed by atoms with van der Waals surface area (Å²) >= 11 is 0. The Morgan fingerprint density at radius 2 is 1.89 bits per heavy atom. The second-order valence-corrected chi connectivity index (χ2v) is 4.50. The van der Waals surface area contributed by atoms with Crippen LogP contribution < -0.4 is 0 Å². The van der Waals surface area contributed by atoms with Gasteiger partial charge in [0.05, 0.1) is 0 Å². The normalized spacial score (nSPS) is 34.7. The van der Waals surface area contributed by atoms with E-state index < -0.39 is 36.5 Å². The van der Waals surface area contributed by atoms with Gasteiger partial charge < -0.3 is 24.1 Å². The van der Waals surface area contributed by atoms with Crippen LogP contribution in [0, 0.1) is 5.92 Å². The molecular weight excluding hydrogens is 256 g/mol. The van der Waals surface area contributed by atoms with E-state index in [0.717, 1.165) is 0 Å². The number of methoxy groups -OCH3 is 1. The molecule has 0 radical (unpaired) electrons. The van der Waals surface area contributed by atoms with Crippen LogP contribution in [0.15, 0.2) is 0 Å². The zero-order valence-electron chi connectivity index (χ0n) is 11.5. The third-order valence-electron chi connectivity index (χ3n) is 3.02. The molecule has 0 amide bonds. The standard InChI is InChI=1S/C12H20O7/c1-6-9(5-17-7(2)13)19-12(16-4)11(10(6)15)18-8(3)14/h6,9-12,15H,5H2,1-4H3/t6-,9+,10?,11?,12-/m1/s1. The Kier molecular flexibility index (Phi) is 5.71. The molecule has 0 saturated carbocycles. The summed E-state index contributed by atoms with van der Waals surface area (Å²) in [5, 5.41) is 10.1. The lowest BCUT2D eigenvalue weighted by Gasteiger charge is -2.41. The fourth-order valence-electron chi connectivity index (χ4n) is 1.95. The fraction of sp³-hybridized carbons (Fsp3) is 0.833. The Labute approximate surface area is 111 Å². The number of hydrogen-bond donors (Lipinski definition) is 1. The molecule has 1 saturated heterocycles. The van der Waals surface area contributed by atoms with E-state index >= 15 is 0 Å². The summed E-state index contributed by atoms with van der Waals surface area (Å²) in [6, 6.07) is 0. The van der Waals surface area contributed by atoms with Crippen molar-refractivity contribution in [2.45, 2.75) is 45.4 Å². The quantitative estimate of drug-likeness (QED) is 0.714. The van der Waals surface area contributed by atoms with Gasteiger partial charge >= 0.3 is 11.9 Å². The van der Waals surface area contributed by atoms with E-state index in [1.807, 2.05) is 0 Å². The first-order valence-electron chi connectivity index (χ1n) is 6.03. The molecule has 19 heavy (non-hydrogen) atoms. The highest BCUT2D eigenvalue weighted by Crippen LogP contribution is 2.28. The van der Waals surface area contributed by atoms with E-state index in [-0.39, 0.29) is 12.5 Å². The second kappa shape index (κ2) is 6.83. The monoisotopic (exact) mass is 276 g/mol. The van der Waals surface area contributed by atoms with Crippen LogP contribution in [-0.4, -0.2) is 55.4 Å². The van der Waals surface area contributed by atoms with Gasteiger partial charge in [0.1, 0.15) is 18.8 Å². The number of aliphatic hydroxyl groups is 1. The predicted octanol–water partition coefficient (Wildman–Crippen LogP) is -0.151. The maximum absolute atomic E-state index is 11.0. The summed E-state index contributed by atoms with van der Waals surface area (Å²) in [4.78, 5) is 21.8. The Morgan fingerprint density at radius 3 is 2.37 bits per heavy atom. The molecule has 1 N–H and O–H groups in total. The molecule has 0 spiro atoms. The zero-order valence-corrected chi connectivity index (χ0v) is 11.5. The smallest absolute Gasteiger partial charge is 0.303 e. The molecule has 1 aliphatic heterocycles. The van der Waals surface area contributed by atoms with Gasteiger partial charge in [-0.2, -0.15) is 0 Å². The largest absolute Gasteiger partial charge is 0.463 e. The van der Waals surface area contributed by atoms with E-state index in [9.17, 15) is 14.7 Å². The van der Waals surface area contributed by atoms with Gasteiger partial charge in [0, 0.05) is 26.9 Å². The Morgan fingerprint density at radius 1 is 1.26 bits per heavy atom. The first-order valence-corrected chi connectivity index (χ1v) is 6.03. The van der Waals surface area contributed by atoms with Crippen LogP contribution in [0.5, 0.6) is 0 Å². The highest BCUT2D eigenvalue weighted by molar-refractivity contribution is 5.66. The highest BCUT2D eigenvalue weighted by atomic mass is 16.7. The van der Waals surface area contributed by atoms with Gasteiger partial charge in [-0.15, -0.1) is 0 Å². The summed E-state index contributed by atoms with van der Waals surface area (Å²) in [7, 11) is 1.38. The van der Waals surface area contributed by atoms with Crippen molar-refractivity contribution in [3.8, 4) is 0 Å². The van der Waals surface area contributed by atoms with Crippen LogP contribution in [-0.2, 0) is 28.5 Å². The SMILES string of the molecule is CO[C@@H]1O[C@@H](COC(C)=O)[C@@H](C)C(O)C1OC(C)=O. The van der Waals surface area contributed by atoms with Crippen molar-refractivity contribution in [1.29, 1.82) is 0 Å². The van der Waals surface area contributed by atoms with Crippen molar-refractivity contribution in [2.75, 3.05) is 13.7 Å². The Balaban J connectivity index is 2.72. The molecule has 0 aliphatic carbocycles. The van der Waals surface area contributed by atoms with Crippen LogP contribution in [0.4, 0.5) is 0 Å². The zero-order chi connectivity index (χ0) is 14.6. The average Bonchev–Trinajstić information content (AvgIpc) is 2.33. The second-order valence-electron chi connectivity index (χ2n) is 4.50. The molecule has 0 aromatic rings. The van der Waals surface area contributed by atoms with E-state index in [0.29, 0.717) is 0 Å². The van der Waals surface area contributed by atoms with E-state index in [4.69, 9.17) is 18.9 Å². The highest BCUT2D eigenvalue weighted by Gasteiger charge is 2.45. The molecule has 0 bridgehead atoms. The van der Waals surface area contributed by atoms with Gasteiger partial charge in [-0.05, 0) is 0 Å². The van der Waals surface area contributed by atoms with Crippen molar-refractivity contribution in [2.24, 2.45) is 5.92 Å². The molecule has 1 heterocycles. The summed E-state index contributed by atoms with van der Waals surface area (Å²) < 4.78 is 20.5. The van der Waals surface area contributed by atoms with Crippen molar-refractivity contribution >= 4 is 11.9 Å². The Hall–Kier alpha value is -1.18. The number of carbonyl (C=O) groups excluding carboxylic acids is 2. The van der Waals surface area contributed by atoms with E-state index in [1.54, 1.807) is 6.92 Å². The minimum atomic E-state index is -0.955. The topological polar surface area (TPSA) is 91.3 Å². The maximum atomic E-state index is 11.0. The lowest BCUT2D eigenvalue weighted by Crippen LogP contribution is -2.56. The van der Waals surface area contributed by atoms with Crippen molar-refractivity contribution in [1.82, 2.24) is 0 Å².